The van der Waals surface area contributed by atoms with Gasteiger partial charge in [-0.05, 0) is 38.2 Å². The first-order chi connectivity index (χ1) is 15.9. The van der Waals surface area contributed by atoms with Crippen molar-refractivity contribution in [3.63, 3.8) is 0 Å². The summed E-state index contributed by atoms with van der Waals surface area (Å²) < 4.78 is 18.6. The van der Waals surface area contributed by atoms with Gasteiger partial charge in [0.1, 0.15) is 11.6 Å². The number of anilines is 3. The molecule has 0 unspecified atom stereocenters. The molecule has 33 heavy (non-hydrogen) atoms. The van der Waals surface area contributed by atoms with Gasteiger partial charge in [0.2, 0.25) is 5.95 Å². The van der Waals surface area contributed by atoms with Crippen LogP contribution in [0.25, 0.3) is 11.1 Å². The van der Waals surface area contributed by atoms with Crippen LogP contribution in [-0.2, 0) is 4.74 Å². The number of pyridine rings is 1. The van der Waals surface area contributed by atoms with Gasteiger partial charge in [0, 0.05) is 61.6 Å². The van der Waals surface area contributed by atoms with Crippen molar-refractivity contribution in [3.05, 3.63) is 59.3 Å². The molecule has 0 amide bonds. The van der Waals surface area contributed by atoms with Gasteiger partial charge in [-0.25, -0.2) is 14.2 Å². The second-order valence-electron chi connectivity index (χ2n) is 7.66. The van der Waals surface area contributed by atoms with E-state index in [4.69, 9.17) is 21.3 Å². The van der Waals surface area contributed by atoms with Crippen molar-refractivity contribution in [1.29, 1.82) is 0 Å². The maximum absolute atomic E-state index is 13.5. The second kappa shape index (κ2) is 10.1. The fraction of sp³-hybridized carbons (Fsp3) is 0.304. The molecule has 4 rings (SSSR count). The number of benzene rings is 1. The lowest BCUT2D eigenvalue weighted by molar-refractivity contribution is 0.0526. The predicted octanol–water partition coefficient (Wildman–Crippen LogP) is 4.00. The third kappa shape index (κ3) is 5.37. The summed E-state index contributed by atoms with van der Waals surface area (Å²) in [6, 6.07) is 6.07. The van der Waals surface area contributed by atoms with Crippen LogP contribution in [0, 0.1) is 5.82 Å². The van der Waals surface area contributed by atoms with Gasteiger partial charge in [0.15, 0.2) is 0 Å². The number of esters is 1. The molecule has 1 aliphatic heterocycles. The van der Waals surface area contributed by atoms with E-state index in [-0.39, 0.29) is 11.6 Å². The molecule has 10 heteroatoms. The van der Waals surface area contributed by atoms with E-state index in [0.717, 1.165) is 37.6 Å². The molecule has 1 N–H and O–H groups in total. The van der Waals surface area contributed by atoms with E-state index in [1.165, 1.54) is 18.3 Å². The van der Waals surface area contributed by atoms with Crippen LogP contribution in [-0.4, -0.2) is 65.7 Å². The van der Waals surface area contributed by atoms with Crippen LogP contribution in [0.1, 0.15) is 17.3 Å². The highest BCUT2D eigenvalue weighted by Crippen LogP contribution is 2.31. The first-order valence-electron chi connectivity index (χ1n) is 10.6. The SMILES string of the molecule is CCOC(=O)c1cncc(-c2cnc(Nc3ccc(F)c(Cl)c3)nc2N2CCN(C)CC2)c1. The van der Waals surface area contributed by atoms with Gasteiger partial charge >= 0.3 is 5.97 Å². The van der Waals surface area contributed by atoms with E-state index in [1.54, 1.807) is 31.5 Å². The second-order valence-corrected chi connectivity index (χ2v) is 8.07. The number of carbonyl (C=O) groups excluding carboxylic acids is 1. The van der Waals surface area contributed by atoms with Crippen molar-refractivity contribution in [2.45, 2.75) is 6.92 Å². The minimum Gasteiger partial charge on any atom is -0.462 e. The van der Waals surface area contributed by atoms with Crippen molar-refractivity contribution in [3.8, 4) is 11.1 Å². The lowest BCUT2D eigenvalue weighted by Gasteiger charge is -2.34. The number of hydrogen-bond donors (Lipinski definition) is 1. The minimum absolute atomic E-state index is 0.0118. The van der Waals surface area contributed by atoms with E-state index in [1.807, 2.05) is 0 Å². The number of rotatable bonds is 6. The zero-order valence-corrected chi connectivity index (χ0v) is 19.1. The van der Waals surface area contributed by atoms with Crippen LogP contribution < -0.4 is 10.2 Å². The normalized spacial score (nSPS) is 14.2. The molecule has 1 aliphatic rings. The van der Waals surface area contributed by atoms with E-state index >= 15 is 0 Å². The van der Waals surface area contributed by atoms with Gasteiger partial charge in [-0.15, -0.1) is 0 Å². The molecule has 172 valence electrons. The van der Waals surface area contributed by atoms with E-state index in [2.05, 4.69) is 32.1 Å². The van der Waals surface area contributed by atoms with Crippen LogP contribution in [0.4, 0.5) is 21.8 Å². The molecule has 0 saturated carbocycles. The predicted molar refractivity (Wildman–Crippen MR) is 126 cm³/mol. The maximum Gasteiger partial charge on any atom is 0.339 e. The lowest BCUT2D eigenvalue weighted by atomic mass is 10.1. The van der Waals surface area contributed by atoms with Crippen molar-refractivity contribution in [2.24, 2.45) is 0 Å². The molecule has 3 heterocycles. The van der Waals surface area contributed by atoms with Gasteiger partial charge in [-0.3, -0.25) is 4.98 Å². The Balaban J connectivity index is 1.71. The Kier molecular flexibility index (Phi) is 7.00. The average molecular weight is 471 g/mol. The number of hydrogen-bond acceptors (Lipinski definition) is 8. The molecule has 0 radical (unpaired) electrons. The van der Waals surface area contributed by atoms with E-state index in [0.29, 0.717) is 22.8 Å². The quantitative estimate of drug-likeness (QED) is 0.541. The topological polar surface area (TPSA) is 83.5 Å². The summed E-state index contributed by atoms with van der Waals surface area (Å²) in [6.45, 7) is 5.39. The Morgan fingerprint density at radius 3 is 2.70 bits per heavy atom. The summed E-state index contributed by atoms with van der Waals surface area (Å²) in [5.74, 6) is 0.146. The maximum atomic E-state index is 13.5. The highest BCUT2D eigenvalue weighted by molar-refractivity contribution is 6.31. The van der Waals surface area contributed by atoms with Crippen LogP contribution in [0.2, 0.25) is 5.02 Å². The Labute approximate surface area is 196 Å². The number of nitrogens with one attached hydrogen (secondary N) is 1. The summed E-state index contributed by atoms with van der Waals surface area (Å²) in [6.07, 6.45) is 4.85. The first-order valence-corrected chi connectivity index (χ1v) is 11.0. The van der Waals surface area contributed by atoms with Crippen molar-refractivity contribution in [1.82, 2.24) is 19.9 Å². The number of piperazine rings is 1. The summed E-state index contributed by atoms with van der Waals surface area (Å²) >= 11 is 5.90. The van der Waals surface area contributed by atoms with E-state index in [9.17, 15) is 9.18 Å². The summed E-state index contributed by atoms with van der Waals surface area (Å²) in [5.41, 5.74) is 2.40. The van der Waals surface area contributed by atoms with Crippen molar-refractivity contribution >= 4 is 35.0 Å². The zero-order chi connectivity index (χ0) is 23.4. The van der Waals surface area contributed by atoms with Gasteiger partial charge in [0.05, 0.1) is 17.2 Å². The smallest absolute Gasteiger partial charge is 0.339 e. The summed E-state index contributed by atoms with van der Waals surface area (Å²) in [4.78, 5) is 30.1. The lowest BCUT2D eigenvalue weighted by Crippen LogP contribution is -2.45. The van der Waals surface area contributed by atoms with Crippen molar-refractivity contribution < 1.29 is 13.9 Å². The molecule has 2 aromatic heterocycles. The number of ether oxygens (including phenoxy) is 1. The third-order valence-corrected chi connectivity index (χ3v) is 5.60. The molecular formula is C23H24ClFN6O2. The minimum atomic E-state index is -0.495. The molecule has 1 aromatic carbocycles. The highest BCUT2D eigenvalue weighted by Gasteiger charge is 2.21. The Morgan fingerprint density at radius 1 is 1.18 bits per heavy atom. The average Bonchev–Trinajstić information content (AvgIpc) is 2.82. The van der Waals surface area contributed by atoms with Crippen LogP contribution in [0.5, 0.6) is 0 Å². The molecule has 1 saturated heterocycles. The highest BCUT2D eigenvalue weighted by atomic mass is 35.5. The van der Waals surface area contributed by atoms with Gasteiger partial charge in [-0.1, -0.05) is 11.6 Å². The number of halogens is 2. The largest absolute Gasteiger partial charge is 0.462 e. The van der Waals surface area contributed by atoms with Gasteiger partial charge in [-0.2, -0.15) is 4.98 Å². The molecule has 1 fully saturated rings. The third-order valence-electron chi connectivity index (χ3n) is 5.31. The number of carbonyl (C=O) groups is 1. The number of likely N-dealkylation sites (N-methyl/N-ethyl adjacent to an activating group) is 1. The fourth-order valence-electron chi connectivity index (χ4n) is 3.51. The Hall–Kier alpha value is -3.30. The number of nitrogens with zero attached hydrogens (tertiary/aromatic N) is 5. The molecule has 8 nitrogen and oxygen atoms in total. The summed E-state index contributed by atoms with van der Waals surface area (Å²) in [5, 5.41) is 3.10. The fourth-order valence-corrected chi connectivity index (χ4v) is 3.69. The van der Waals surface area contributed by atoms with Crippen LogP contribution >= 0.6 is 11.6 Å². The molecular weight excluding hydrogens is 447 g/mol. The molecule has 0 bridgehead atoms. The van der Waals surface area contributed by atoms with Gasteiger partial charge < -0.3 is 19.9 Å². The van der Waals surface area contributed by atoms with E-state index < -0.39 is 11.8 Å². The molecule has 3 aromatic rings. The molecule has 0 atom stereocenters. The Morgan fingerprint density at radius 2 is 1.97 bits per heavy atom. The van der Waals surface area contributed by atoms with Crippen molar-refractivity contribution in [2.75, 3.05) is 50.1 Å². The van der Waals surface area contributed by atoms with Gasteiger partial charge in [0.25, 0.3) is 0 Å². The van der Waals surface area contributed by atoms with Crippen LogP contribution in [0.15, 0.2) is 42.9 Å². The van der Waals surface area contributed by atoms with Crippen LogP contribution in [0.3, 0.4) is 0 Å². The zero-order valence-electron chi connectivity index (χ0n) is 18.4. The summed E-state index contributed by atoms with van der Waals surface area (Å²) in [7, 11) is 2.08. The molecule has 0 aliphatic carbocycles. The number of aromatic nitrogens is 3. The first kappa shape index (κ1) is 22.9. The molecule has 0 spiro atoms. The Bertz CT molecular complexity index is 1150. The monoisotopic (exact) mass is 470 g/mol. The standard InChI is InChI=1S/C23H24ClFN6O2/c1-3-33-22(32)16-10-15(12-26-13-16)18-14-27-23(28-17-4-5-20(25)19(24)11-17)29-21(18)31-8-6-30(2)7-9-31/h4-5,10-14H,3,6-9H2,1-2H3,(H,27,28,29).